The molecule has 1 N–H and O–H groups in total. The van der Waals surface area contributed by atoms with Gasteiger partial charge in [0.05, 0.1) is 24.8 Å². The van der Waals surface area contributed by atoms with E-state index in [-0.39, 0.29) is 34.9 Å². The first kappa shape index (κ1) is 23.8. The average molecular weight is 502 g/mol. The van der Waals surface area contributed by atoms with Crippen LogP contribution in [0.1, 0.15) is 36.7 Å². The Morgan fingerprint density at radius 2 is 2.03 bits per heavy atom. The second-order valence-corrected chi connectivity index (χ2v) is 9.28. The molecule has 3 aromatic rings. The normalized spacial score (nSPS) is 13.1. The number of hydrogen-bond acceptors (Lipinski definition) is 7. The zero-order valence-corrected chi connectivity index (χ0v) is 20.1. The number of methoxy groups -OCH3 is 1. The minimum atomic E-state index is -1.27. The monoisotopic (exact) mass is 501 g/mol. The highest BCUT2D eigenvalue weighted by Crippen LogP contribution is 2.35. The maximum atomic E-state index is 14.8. The number of thioether (sulfide) groups is 1. The van der Waals surface area contributed by atoms with Crippen molar-refractivity contribution in [3.8, 4) is 11.5 Å². The number of amides is 2. The molecule has 10 heteroatoms. The van der Waals surface area contributed by atoms with Crippen molar-refractivity contribution in [2.75, 3.05) is 18.3 Å². The van der Waals surface area contributed by atoms with Gasteiger partial charge in [-0.25, -0.2) is 14.1 Å². The molecule has 4 rings (SSSR count). The number of hydrogen-bond donors (Lipinski definition) is 1. The number of nitrogens with zero attached hydrogens (tertiary/aromatic N) is 1. The SMILES string of the molecule is COc1c(C)cc(SC)cc1COc1ccc(F)c(N2C(=O)Cc3csc(C(=O)O)c3C2=O)c1. The maximum Gasteiger partial charge on any atom is 0.346 e. The Bertz CT molecular complexity index is 1320. The molecule has 2 aromatic carbocycles. The zero-order chi connectivity index (χ0) is 24.6. The van der Waals surface area contributed by atoms with Crippen molar-refractivity contribution in [3.63, 3.8) is 0 Å². The van der Waals surface area contributed by atoms with E-state index in [2.05, 4.69) is 0 Å². The predicted octanol–water partition coefficient (Wildman–Crippen LogP) is 4.93. The van der Waals surface area contributed by atoms with Gasteiger partial charge in [-0.05, 0) is 54.0 Å². The molecule has 176 valence electrons. The lowest BCUT2D eigenvalue weighted by Crippen LogP contribution is -2.43. The third-order valence-electron chi connectivity index (χ3n) is 5.39. The minimum absolute atomic E-state index is 0.0862. The van der Waals surface area contributed by atoms with E-state index in [1.807, 2.05) is 25.3 Å². The number of carbonyl (C=O) groups excluding carboxylic acids is 2. The fourth-order valence-electron chi connectivity index (χ4n) is 3.87. The highest BCUT2D eigenvalue weighted by Gasteiger charge is 2.38. The second-order valence-electron chi connectivity index (χ2n) is 7.52. The van der Waals surface area contributed by atoms with Crippen LogP contribution in [0.25, 0.3) is 0 Å². The Labute approximate surface area is 203 Å². The molecule has 0 fully saturated rings. The number of thiophene rings is 1. The molecule has 2 heterocycles. The molecule has 34 heavy (non-hydrogen) atoms. The lowest BCUT2D eigenvalue weighted by Gasteiger charge is -2.26. The van der Waals surface area contributed by atoms with Crippen molar-refractivity contribution in [2.45, 2.75) is 24.8 Å². The van der Waals surface area contributed by atoms with Crippen LogP contribution in [0.4, 0.5) is 10.1 Å². The number of fused-ring (bicyclic) bond motifs is 1. The van der Waals surface area contributed by atoms with Gasteiger partial charge in [0.15, 0.2) is 0 Å². The number of ether oxygens (including phenoxy) is 2. The molecule has 0 unspecified atom stereocenters. The number of aryl methyl sites for hydroxylation is 1. The van der Waals surface area contributed by atoms with E-state index in [0.717, 1.165) is 33.4 Å². The van der Waals surface area contributed by atoms with Crippen LogP contribution < -0.4 is 14.4 Å². The van der Waals surface area contributed by atoms with Gasteiger partial charge in [-0.3, -0.25) is 9.59 Å². The Morgan fingerprint density at radius 3 is 2.71 bits per heavy atom. The molecule has 0 radical (unpaired) electrons. The highest BCUT2D eigenvalue weighted by molar-refractivity contribution is 7.98. The van der Waals surface area contributed by atoms with Crippen LogP contribution in [0.15, 0.2) is 40.6 Å². The summed E-state index contributed by atoms with van der Waals surface area (Å²) in [6, 6.07) is 7.70. The van der Waals surface area contributed by atoms with Crippen LogP contribution in [0.3, 0.4) is 0 Å². The summed E-state index contributed by atoms with van der Waals surface area (Å²) in [4.78, 5) is 38.8. The van der Waals surface area contributed by atoms with E-state index in [9.17, 15) is 23.9 Å². The Morgan fingerprint density at radius 1 is 1.26 bits per heavy atom. The summed E-state index contributed by atoms with van der Waals surface area (Å²) in [5.41, 5.74) is 1.69. The Kier molecular flexibility index (Phi) is 6.63. The molecule has 0 bridgehead atoms. The molecular weight excluding hydrogens is 481 g/mol. The van der Waals surface area contributed by atoms with Crippen LogP contribution in [-0.4, -0.2) is 36.3 Å². The number of carboxylic acid groups (broad SMARTS) is 1. The van der Waals surface area contributed by atoms with Crippen LogP contribution >= 0.6 is 23.1 Å². The van der Waals surface area contributed by atoms with Crippen molar-refractivity contribution in [1.29, 1.82) is 0 Å². The molecule has 1 aliphatic rings. The minimum Gasteiger partial charge on any atom is -0.496 e. The van der Waals surface area contributed by atoms with Crippen molar-refractivity contribution < 1.29 is 33.4 Å². The fourth-order valence-corrected chi connectivity index (χ4v) is 5.32. The molecule has 2 amide bonds. The molecule has 0 saturated carbocycles. The van der Waals surface area contributed by atoms with Gasteiger partial charge in [-0.1, -0.05) is 0 Å². The van der Waals surface area contributed by atoms with Crippen LogP contribution in [0.5, 0.6) is 11.5 Å². The molecule has 1 aliphatic heterocycles. The standard InChI is InChI=1S/C24H20FNO6S2/c1-12-6-16(33-3)7-13(21(12)31-2)10-32-15-4-5-17(25)18(9-15)26-19(27)8-14-11-34-22(24(29)30)20(14)23(26)28/h4-7,9,11H,8,10H2,1-3H3,(H,29,30). The van der Waals surface area contributed by atoms with Crippen molar-refractivity contribution in [3.05, 3.63) is 68.7 Å². The summed E-state index contributed by atoms with van der Waals surface area (Å²) in [6.45, 7) is 2.04. The average Bonchev–Trinajstić information content (AvgIpc) is 3.23. The predicted molar refractivity (Wildman–Crippen MR) is 127 cm³/mol. The van der Waals surface area contributed by atoms with Gasteiger partial charge in [-0.15, -0.1) is 23.1 Å². The van der Waals surface area contributed by atoms with Gasteiger partial charge < -0.3 is 14.6 Å². The third kappa shape index (κ3) is 4.26. The Hall–Kier alpha value is -3.37. The van der Waals surface area contributed by atoms with Gasteiger partial charge >= 0.3 is 5.97 Å². The van der Waals surface area contributed by atoms with E-state index in [0.29, 0.717) is 16.2 Å². The molecule has 1 aromatic heterocycles. The summed E-state index contributed by atoms with van der Waals surface area (Å²) in [6.07, 6.45) is 1.76. The topological polar surface area (TPSA) is 93.1 Å². The smallest absolute Gasteiger partial charge is 0.346 e. The van der Waals surface area contributed by atoms with Crippen molar-refractivity contribution in [1.82, 2.24) is 0 Å². The third-order valence-corrected chi connectivity index (χ3v) is 7.11. The molecule has 0 spiro atoms. The summed E-state index contributed by atoms with van der Waals surface area (Å²) in [7, 11) is 1.57. The first-order valence-electron chi connectivity index (χ1n) is 10.1. The number of benzene rings is 2. The van der Waals surface area contributed by atoms with Crippen LogP contribution in [0.2, 0.25) is 0 Å². The van der Waals surface area contributed by atoms with E-state index < -0.39 is 23.6 Å². The zero-order valence-electron chi connectivity index (χ0n) is 18.5. The number of imide groups is 1. The van der Waals surface area contributed by atoms with Crippen LogP contribution in [-0.2, 0) is 17.8 Å². The highest BCUT2D eigenvalue weighted by atomic mass is 32.2. The summed E-state index contributed by atoms with van der Waals surface area (Å²) in [5, 5.41) is 10.9. The summed E-state index contributed by atoms with van der Waals surface area (Å²) >= 11 is 2.44. The van der Waals surface area contributed by atoms with Crippen molar-refractivity contribution >= 4 is 46.6 Å². The van der Waals surface area contributed by atoms with Gasteiger partial charge in [0.1, 0.15) is 28.8 Å². The lowest BCUT2D eigenvalue weighted by atomic mass is 10.0. The fraction of sp³-hybridized carbons (Fsp3) is 0.208. The van der Waals surface area contributed by atoms with Gasteiger partial charge in [-0.2, -0.15) is 0 Å². The number of anilines is 1. The molecule has 0 saturated heterocycles. The molecule has 0 atom stereocenters. The molecule has 0 aliphatic carbocycles. The van der Waals surface area contributed by atoms with E-state index in [1.54, 1.807) is 18.9 Å². The number of carbonyl (C=O) groups is 3. The molecule has 7 nitrogen and oxygen atoms in total. The Balaban J connectivity index is 1.65. The maximum absolute atomic E-state index is 14.8. The van der Waals surface area contributed by atoms with E-state index in [1.165, 1.54) is 17.5 Å². The first-order valence-corrected chi connectivity index (χ1v) is 12.2. The van der Waals surface area contributed by atoms with E-state index in [4.69, 9.17) is 9.47 Å². The number of halogens is 1. The number of carboxylic acids is 1. The van der Waals surface area contributed by atoms with Gasteiger partial charge in [0.25, 0.3) is 5.91 Å². The van der Waals surface area contributed by atoms with Gasteiger partial charge in [0, 0.05) is 16.5 Å². The lowest BCUT2D eigenvalue weighted by molar-refractivity contribution is -0.117. The second kappa shape index (κ2) is 9.47. The first-order chi connectivity index (χ1) is 16.2. The van der Waals surface area contributed by atoms with Crippen molar-refractivity contribution in [2.24, 2.45) is 0 Å². The van der Waals surface area contributed by atoms with E-state index >= 15 is 0 Å². The van der Waals surface area contributed by atoms with Gasteiger partial charge in [0.2, 0.25) is 5.91 Å². The quantitative estimate of drug-likeness (QED) is 0.362. The summed E-state index contributed by atoms with van der Waals surface area (Å²) in [5.74, 6) is -2.68. The largest absolute Gasteiger partial charge is 0.496 e. The summed E-state index contributed by atoms with van der Waals surface area (Å²) < 4.78 is 26.1. The number of rotatable bonds is 7. The molecular formula is C24H20FNO6S2. The number of aromatic carboxylic acids is 1. The van der Waals surface area contributed by atoms with Crippen LogP contribution in [0, 0.1) is 12.7 Å².